The summed E-state index contributed by atoms with van der Waals surface area (Å²) in [6, 6.07) is 7.79. The number of amides is 1. The Morgan fingerprint density at radius 1 is 1.26 bits per heavy atom. The number of halogens is 1. The molecule has 1 aliphatic rings. The molecule has 3 rings (SSSR count). The highest BCUT2D eigenvalue weighted by Crippen LogP contribution is 2.29. The number of anilines is 1. The van der Waals surface area contributed by atoms with Crippen molar-refractivity contribution in [3.05, 3.63) is 29.3 Å². The van der Waals surface area contributed by atoms with Crippen LogP contribution in [-0.2, 0) is 4.79 Å². The third-order valence-corrected chi connectivity index (χ3v) is 5.96. The molecular formula is C19H26ClN5OS. The molecule has 2 heterocycles. The van der Waals surface area contributed by atoms with Gasteiger partial charge >= 0.3 is 0 Å². The number of carbonyl (C=O) groups is 1. The fraction of sp³-hybridized carbons (Fsp3) is 0.526. The summed E-state index contributed by atoms with van der Waals surface area (Å²) in [5.74, 6) is 1.52. The lowest BCUT2D eigenvalue weighted by Crippen LogP contribution is -2.37. The standard InChI is InChI=1S/C19H26ClN5OS/c1-13(2)14(3)21-17(26)12-27-19-23-22-18(24-9-4-5-10-24)25(19)16-8-6-7-15(20)11-16/h6-8,11,13-14H,4-5,9-10,12H2,1-3H3,(H,21,26)/t14-/m1/s1. The van der Waals surface area contributed by atoms with Gasteiger partial charge in [-0.05, 0) is 43.9 Å². The van der Waals surface area contributed by atoms with Gasteiger partial charge in [-0.2, -0.15) is 0 Å². The Labute approximate surface area is 169 Å². The third-order valence-electron chi connectivity index (χ3n) is 4.79. The summed E-state index contributed by atoms with van der Waals surface area (Å²) in [6.07, 6.45) is 2.31. The molecular weight excluding hydrogens is 382 g/mol. The molecule has 0 bridgehead atoms. The molecule has 0 spiro atoms. The number of hydrogen-bond donors (Lipinski definition) is 1. The summed E-state index contributed by atoms with van der Waals surface area (Å²) in [5.41, 5.74) is 0.910. The normalized spacial score (nSPS) is 15.4. The molecule has 1 N–H and O–H groups in total. The van der Waals surface area contributed by atoms with Crippen LogP contribution in [0.15, 0.2) is 29.4 Å². The number of nitrogens with zero attached hydrogens (tertiary/aromatic N) is 4. The van der Waals surface area contributed by atoms with E-state index in [9.17, 15) is 4.79 Å². The van der Waals surface area contributed by atoms with Gasteiger partial charge in [-0.3, -0.25) is 9.36 Å². The van der Waals surface area contributed by atoms with E-state index in [-0.39, 0.29) is 11.9 Å². The van der Waals surface area contributed by atoms with Crippen LogP contribution in [0.25, 0.3) is 5.69 Å². The lowest BCUT2D eigenvalue weighted by molar-refractivity contribution is -0.119. The van der Waals surface area contributed by atoms with Crippen LogP contribution in [-0.4, -0.2) is 45.6 Å². The Hall–Kier alpha value is -1.73. The van der Waals surface area contributed by atoms with Gasteiger partial charge in [0.15, 0.2) is 5.16 Å². The van der Waals surface area contributed by atoms with E-state index in [0.29, 0.717) is 21.8 Å². The Kier molecular flexibility index (Phi) is 6.65. The predicted octanol–water partition coefficient (Wildman–Crippen LogP) is 3.77. The quantitative estimate of drug-likeness (QED) is 0.708. The zero-order chi connectivity index (χ0) is 19.4. The molecule has 1 aromatic heterocycles. The maximum Gasteiger partial charge on any atom is 0.232 e. The zero-order valence-corrected chi connectivity index (χ0v) is 17.6. The van der Waals surface area contributed by atoms with E-state index in [2.05, 4.69) is 34.3 Å². The number of benzene rings is 1. The van der Waals surface area contributed by atoms with E-state index in [0.717, 1.165) is 37.6 Å². The highest BCUT2D eigenvalue weighted by atomic mass is 35.5. The van der Waals surface area contributed by atoms with Crippen LogP contribution in [0.5, 0.6) is 0 Å². The number of hydrogen-bond acceptors (Lipinski definition) is 5. The second-order valence-corrected chi connectivity index (χ2v) is 8.56. The molecule has 1 atom stereocenters. The lowest BCUT2D eigenvalue weighted by Gasteiger charge is -2.19. The van der Waals surface area contributed by atoms with Crippen molar-refractivity contribution in [2.24, 2.45) is 5.92 Å². The minimum absolute atomic E-state index is 0.00423. The smallest absolute Gasteiger partial charge is 0.232 e. The van der Waals surface area contributed by atoms with Crippen molar-refractivity contribution in [3.63, 3.8) is 0 Å². The molecule has 2 aromatic rings. The Balaban J connectivity index is 1.81. The maximum atomic E-state index is 12.3. The van der Waals surface area contributed by atoms with E-state index < -0.39 is 0 Å². The molecule has 0 unspecified atom stereocenters. The molecule has 146 valence electrons. The van der Waals surface area contributed by atoms with Gasteiger partial charge in [0, 0.05) is 24.2 Å². The summed E-state index contributed by atoms with van der Waals surface area (Å²) in [5, 5.41) is 13.2. The number of nitrogens with one attached hydrogen (secondary N) is 1. The first-order valence-corrected chi connectivity index (χ1v) is 10.7. The van der Waals surface area contributed by atoms with Gasteiger partial charge in [-0.1, -0.05) is 43.3 Å². The molecule has 8 heteroatoms. The minimum Gasteiger partial charge on any atom is -0.353 e. The van der Waals surface area contributed by atoms with E-state index >= 15 is 0 Å². The number of carbonyl (C=O) groups excluding carboxylic acids is 1. The van der Waals surface area contributed by atoms with E-state index in [1.54, 1.807) is 0 Å². The van der Waals surface area contributed by atoms with E-state index in [4.69, 9.17) is 11.6 Å². The second-order valence-electron chi connectivity index (χ2n) is 7.18. The summed E-state index contributed by atoms with van der Waals surface area (Å²) in [6.45, 7) is 8.14. The van der Waals surface area contributed by atoms with Crippen molar-refractivity contribution in [1.82, 2.24) is 20.1 Å². The largest absolute Gasteiger partial charge is 0.353 e. The molecule has 1 aliphatic heterocycles. The fourth-order valence-electron chi connectivity index (χ4n) is 2.91. The van der Waals surface area contributed by atoms with Gasteiger partial charge in [0.05, 0.1) is 11.4 Å². The molecule has 6 nitrogen and oxygen atoms in total. The van der Waals surface area contributed by atoms with Gasteiger partial charge in [0.2, 0.25) is 11.9 Å². The number of rotatable bonds is 7. The van der Waals surface area contributed by atoms with Crippen LogP contribution in [0.1, 0.15) is 33.6 Å². The Bertz CT molecular complexity index is 788. The number of thioether (sulfide) groups is 1. The molecule has 1 amide bonds. The van der Waals surface area contributed by atoms with Gasteiger partial charge in [0.1, 0.15) is 0 Å². The van der Waals surface area contributed by atoms with Crippen molar-refractivity contribution in [3.8, 4) is 5.69 Å². The first kappa shape index (κ1) is 20.0. The predicted molar refractivity (Wildman–Crippen MR) is 111 cm³/mol. The zero-order valence-electron chi connectivity index (χ0n) is 16.0. The summed E-state index contributed by atoms with van der Waals surface area (Å²) in [4.78, 5) is 14.5. The van der Waals surface area contributed by atoms with Crippen molar-refractivity contribution in [2.75, 3.05) is 23.7 Å². The summed E-state index contributed by atoms with van der Waals surface area (Å²) < 4.78 is 2.00. The van der Waals surface area contributed by atoms with Gasteiger partial charge in [0.25, 0.3) is 0 Å². The number of aromatic nitrogens is 3. The highest BCUT2D eigenvalue weighted by molar-refractivity contribution is 7.99. The molecule has 1 fully saturated rings. The average molecular weight is 408 g/mol. The first-order chi connectivity index (χ1) is 13.0. The third kappa shape index (κ3) is 4.96. The Morgan fingerprint density at radius 2 is 2.00 bits per heavy atom. The van der Waals surface area contributed by atoms with Crippen molar-refractivity contribution in [1.29, 1.82) is 0 Å². The topological polar surface area (TPSA) is 63.1 Å². The Morgan fingerprint density at radius 3 is 2.67 bits per heavy atom. The molecule has 1 saturated heterocycles. The lowest BCUT2D eigenvalue weighted by atomic mass is 10.1. The van der Waals surface area contributed by atoms with E-state index in [1.807, 2.05) is 35.8 Å². The minimum atomic E-state index is 0.00423. The molecule has 1 aromatic carbocycles. The molecule has 0 saturated carbocycles. The van der Waals surface area contributed by atoms with Crippen LogP contribution < -0.4 is 10.2 Å². The molecule has 0 radical (unpaired) electrons. The van der Waals surface area contributed by atoms with Gasteiger partial charge in [-0.15, -0.1) is 10.2 Å². The van der Waals surface area contributed by atoms with Crippen LogP contribution in [0.2, 0.25) is 5.02 Å². The fourth-order valence-corrected chi connectivity index (χ4v) is 3.85. The molecule has 0 aliphatic carbocycles. The monoisotopic (exact) mass is 407 g/mol. The second kappa shape index (κ2) is 8.97. The summed E-state index contributed by atoms with van der Waals surface area (Å²) in [7, 11) is 0. The van der Waals surface area contributed by atoms with Crippen LogP contribution in [0.3, 0.4) is 0 Å². The van der Waals surface area contributed by atoms with Gasteiger partial charge in [-0.25, -0.2) is 0 Å². The summed E-state index contributed by atoms with van der Waals surface area (Å²) >= 11 is 7.60. The van der Waals surface area contributed by atoms with Crippen LogP contribution in [0.4, 0.5) is 5.95 Å². The van der Waals surface area contributed by atoms with Crippen LogP contribution >= 0.6 is 23.4 Å². The first-order valence-electron chi connectivity index (χ1n) is 9.34. The SMILES string of the molecule is CC(C)[C@@H](C)NC(=O)CSc1nnc(N2CCCC2)n1-c1cccc(Cl)c1. The van der Waals surface area contributed by atoms with Crippen molar-refractivity contribution < 1.29 is 4.79 Å². The van der Waals surface area contributed by atoms with E-state index in [1.165, 1.54) is 11.8 Å². The molecule has 27 heavy (non-hydrogen) atoms. The highest BCUT2D eigenvalue weighted by Gasteiger charge is 2.23. The van der Waals surface area contributed by atoms with Crippen molar-refractivity contribution >= 4 is 35.2 Å². The maximum absolute atomic E-state index is 12.3. The average Bonchev–Trinajstić information content (AvgIpc) is 3.29. The van der Waals surface area contributed by atoms with Crippen LogP contribution in [0, 0.1) is 5.92 Å². The van der Waals surface area contributed by atoms with Gasteiger partial charge < -0.3 is 10.2 Å². The van der Waals surface area contributed by atoms with Crippen molar-refractivity contribution in [2.45, 2.75) is 44.8 Å².